The minimum atomic E-state index is -1.11. The van der Waals surface area contributed by atoms with Crippen LogP contribution >= 0.6 is 0 Å². The number of aliphatic carboxylic acids is 1. The maximum atomic E-state index is 11.4. The maximum absolute atomic E-state index is 11.4. The highest BCUT2D eigenvalue weighted by atomic mass is 16.5. The molecule has 0 radical (unpaired) electrons. The van der Waals surface area contributed by atoms with Crippen LogP contribution in [0.15, 0.2) is 34.7 Å². The molecule has 25 heavy (non-hydrogen) atoms. The van der Waals surface area contributed by atoms with Crippen LogP contribution in [0.1, 0.15) is 21.9 Å². The summed E-state index contributed by atoms with van der Waals surface area (Å²) in [5.41, 5.74) is 6.19. The minimum Gasteiger partial charge on any atom is -0.493 e. The van der Waals surface area contributed by atoms with Crippen LogP contribution in [0.25, 0.3) is 0 Å². The fourth-order valence-electron chi connectivity index (χ4n) is 2.18. The van der Waals surface area contributed by atoms with Gasteiger partial charge in [0.15, 0.2) is 11.5 Å². The standard InChI is InChI=1S/C17H19NO7/c1-22-13-5-3-4-10(8-12(18)16(19)20)15(13)24-9-11-6-7-14(25-11)17(21)23-2/h3-7,12H,8-9,18H2,1-2H3,(H,19,20). The lowest BCUT2D eigenvalue weighted by atomic mass is 10.0. The van der Waals surface area contributed by atoms with E-state index in [9.17, 15) is 9.59 Å². The van der Waals surface area contributed by atoms with Gasteiger partial charge in [-0.1, -0.05) is 12.1 Å². The van der Waals surface area contributed by atoms with Crippen molar-refractivity contribution in [1.82, 2.24) is 0 Å². The number of methoxy groups -OCH3 is 2. The highest BCUT2D eigenvalue weighted by Gasteiger charge is 2.19. The lowest BCUT2D eigenvalue weighted by Gasteiger charge is -2.15. The van der Waals surface area contributed by atoms with Crippen molar-refractivity contribution in [2.45, 2.75) is 19.1 Å². The number of nitrogens with two attached hydrogens (primary N) is 1. The van der Waals surface area contributed by atoms with Crippen molar-refractivity contribution < 1.29 is 33.3 Å². The van der Waals surface area contributed by atoms with Gasteiger partial charge in [-0.05, 0) is 18.2 Å². The fourth-order valence-corrected chi connectivity index (χ4v) is 2.18. The number of esters is 1. The summed E-state index contributed by atoms with van der Waals surface area (Å²) in [6, 6.07) is 7.12. The second kappa shape index (κ2) is 8.20. The molecule has 0 saturated heterocycles. The van der Waals surface area contributed by atoms with Gasteiger partial charge in [0.2, 0.25) is 5.76 Å². The number of carboxylic acids is 1. The zero-order valence-electron chi connectivity index (χ0n) is 13.9. The summed E-state index contributed by atoms with van der Waals surface area (Å²) in [5.74, 6) is -0.416. The predicted molar refractivity (Wildman–Crippen MR) is 86.7 cm³/mol. The van der Waals surface area contributed by atoms with E-state index in [1.165, 1.54) is 20.3 Å². The van der Waals surface area contributed by atoms with Crippen molar-refractivity contribution in [3.8, 4) is 11.5 Å². The molecule has 2 rings (SSSR count). The molecule has 0 spiro atoms. The average molecular weight is 349 g/mol. The normalized spacial score (nSPS) is 11.6. The van der Waals surface area contributed by atoms with Gasteiger partial charge in [-0.15, -0.1) is 0 Å². The third-order valence-corrected chi connectivity index (χ3v) is 3.44. The largest absolute Gasteiger partial charge is 0.493 e. The van der Waals surface area contributed by atoms with Crippen LogP contribution in [0.4, 0.5) is 0 Å². The molecule has 1 atom stereocenters. The molecule has 0 aliphatic carbocycles. The maximum Gasteiger partial charge on any atom is 0.373 e. The summed E-state index contributed by atoms with van der Waals surface area (Å²) >= 11 is 0. The Balaban J connectivity index is 2.18. The Bertz CT molecular complexity index is 753. The van der Waals surface area contributed by atoms with Crippen molar-refractivity contribution in [3.05, 3.63) is 47.4 Å². The number of benzene rings is 1. The van der Waals surface area contributed by atoms with Crippen LogP contribution in [0.2, 0.25) is 0 Å². The van der Waals surface area contributed by atoms with Crippen molar-refractivity contribution in [2.24, 2.45) is 5.73 Å². The van der Waals surface area contributed by atoms with E-state index in [1.807, 2.05) is 0 Å². The molecule has 8 nitrogen and oxygen atoms in total. The first-order chi connectivity index (χ1) is 12.0. The molecule has 1 unspecified atom stereocenters. The van der Waals surface area contributed by atoms with Gasteiger partial charge in [0.25, 0.3) is 0 Å². The first kappa shape index (κ1) is 18.3. The number of hydrogen-bond acceptors (Lipinski definition) is 7. The van der Waals surface area contributed by atoms with Crippen LogP contribution in [0, 0.1) is 0 Å². The number of rotatable bonds is 8. The van der Waals surface area contributed by atoms with Gasteiger partial charge in [0.1, 0.15) is 18.4 Å². The number of para-hydroxylation sites is 1. The Morgan fingerprint density at radius 1 is 1.24 bits per heavy atom. The van der Waals surface area contributed by atoms with Gasteiger partial charge < -0.3 is 29.5 Å². The Labute approximate surface area is 144 Å². The zero-order chi connectivity index (χ0) is 18.4. The van der Waals surface area contributed by atoms with Crippen LogP contribution in [0.3, 0.4) is 0 Å². The Morgan fingerprint density at radius 3 is 2.64 bits per heavy atom. The van der Waals surface area contributed by atoms with E-state index in [0.717, 1.165) is 0 Å². The van der Waals surface area contributed by atoms with Gasteiger partial charge in [0.05, 0.1) is 14.2 Å². The van der Waals surface area contributed by atoms with Gasteiger partial charge >= 0.3 is 11.9 Å². The van der Waals surface area contributed by atoms with Crippen molar-refractivity contribution in [2.75, 3.05) is 14.2 Å². The number of carbonyl (C=O) groups excluding carboxylic acids is 1. The first-order valence-corrected chi connectivity index (χ1v) is 7.40. The van der Waals surface area contributed by atoms with Gasteiger partial charge in [-0.3, -0.25) is 4.79 Å². The van der Waals surface area contributed by atoms with E-state index < -0.39 is 18.0 Å². The molecule has 134 valence electrons. The third kappa shape index (κ3) is 4.51. The van der Waals surface area contributed by atoms with Crippen LogP contribution in [-0.2, 0) is 22.6 Å². The Kier molecular flexibility index (Phi) is 6.02. The number of carbonyl (C=O) groups is 2. The summed E-state index contributed by atoms with van der Waals surface area (Å²) in [4.78, 5) is 22.4. The van der Waals surface area contributed by atoms with E-state index in [2.05, 4.69) is 4.74 Å². The highest BCUT2D eigenvalue weighted by Crippen LogP contribution is 2.32. The number of hydrogen-bond donors (Lipinski definition) is 2. The second-order valence-corrected chi connectivity index (χ2v) is 5.14. The molecule has 0 aliphatic heterocycles. The molecule has 0 saturated carbocycles. The van der Waals surface area contributed by atoms with Crippen molar-refractivity contribution in [1.29, 1.82) is 0 Å². The molecule has 0 bridgehead atoms. The fraction of sp³-hybridized carbons (Fsp3) is 0.294. The lowest BCUT2D eigenvalue weighted by Crippen LogP contribution is -2.32. The first-order valence-electron chi connectivity index (χ1n) is 7.40. The smallest absolute Gasteiger partial charge is 0.373 e. The molecule has 3 N–H and O–H groups in total. The SMILES string of the molecule is COC(=O)c1ccc(COc2c(CC(N)C(=O)O)cccc2OC)o1. The van der Waals surface area contributed by atoms with E-state index >= 15 is 0 Å². The Hall–Kier alpha value is -3.00. The Morgan fingerprint density at radius 2 is 2.00 bits per heavy atom. The molecule has 0 fully saturated rings. The van der Waals surface area contributed by atoms with Crippen molar-refractivity contribution >= 4 is 11.9 Å². The number of ether oxygens (including phenoxy) is 3. The third-order valence-electron chi connectivity index (χ3n) is 3.44. The van der Waals surface area contributed by atoms with E-state index in [4.69, 9.17) is 24.7 Å². The zero-order valence-corrected chi connectivity index (χ0v) is 13.9. The second-order valence-electron chi connectivity index (χ2n) is 5.14. The molecular formula is C17H19NO7. The molecule has 0 aliphatic rings. The summed E-state index contributed by atoms with van der Waals surface area (Å²) in [7, 11) is 2.74. The quantitative estimate of drug-likeness (QED) is 0.689. The molecule has 0 amide bonds. The summed E-state index contributed by atoms with van der Waals surface area (Å²) in [6.07, 6.45) is 0.0768. The molecule has 2 aromatic rings. The minimum absolute atomic E-state index is 0.0205. The summed E-state index contributed by atoms with van der Waals surface area (Å²) in [6.45, 7) is 0.0205. The monoisotopic (exact) mass is 349 g/mol. The van der Waals surface area contributed by atoms with Gasteiger partial charge in [0, 0.05) is 12.0 Å². The van der Waals surface area contributed by atoms with Crippen LogP contribution in [-0.4, -0.2) is 37.3 Å². The lowest BCUT2D eigenvalue weighted by molar-refractivity contribution is -0.138. The molecule has 1 aromatic heterocycles. The predicted octanol–water partition coefficient (Wildman–Crippen LogP) is 1.61. The van der Waals surface area contributed by atoms with Crippen LogP contribution < -0.4 is 15.2 Å². The number of furan rings is 1. The summed E-state index contributed by atoms with van der Waals surface area (Å²) in [5, 5.41) is 8.99. The van der Waals surface area contributed by atoms with Gasteiger partial charge in [-0.2, -0.15) is 0 Å². The topological polar surface area (TPSA) is 121 Å². The number of carboxylic acid groups (broad SMARTS) is 1. The molecule has 8 heteroatoms. The van der Waals surface area contributed by atoms with E-state index in [-0.39, 0.29) is 18.8 Å². The molecule has 1 aromatic carbocycles. The molecule has 1 heterocycles. The van der Waals surface area contributed by atoms with E-state index in [1.54, 1.807) is 24.3 Å². The van der Waals surface area contributed by atoms with Crippen molar-refractivity contribution in [3.63, 3.8) is 0 Å². The van der Waals surface area contributed by atoms with Crippen LogP contribution in [0.5, 0.6) is 11.5 Å². The van der Waals surface area contributed by atoms with E-state index in [0.29, 0.717) is 22.8 Å². The molecular weight excluding hydrogens is 330 g/mol. The highest BCUT2D eigenvalue weighted by molar-refractivity contribution is 5.86. The average Bonchev–Trinajstić information content (AvgIpc) is 3.08. The summed E-state index contributed by atoms with van der Waals surface area (Å²) < 4.78 is 20.9. The van der Waals surface area contributed by atoms with Gasteiger partial charge in [-0.25, -0.2) is 4.79 Å².